The fourth-order valence-electron chi connectivity index (χ4n) is 6.02. The zero-order valence-corrected chi connectivity index (χ0v) is 16.9. The maximum absolute atomic E-state index is 13.4. The summed E-state index contributed by atoms with van der Waals surface area (Å²) in [5.74, 6) is 0.960. The Morgan fingerprint density at radius 2 is 1.86 bits per heavy atom. The maximum atomic E-state index is 13.4. The molecule has 4 aliphatic rings. The van der Waals surface area contributed by atoms with Gasteiger partial charge in [0.1, 0.15) is 12.1 Å². The van der Waals surface area contributed by atoms with Crippen LogP contribution in [0.2, 0.25) is 0 Å². The van der Waals surface area contributed by atoms with Gasteiger partial charge in [-0.15, -0.1) is 0 Å². The zero-order chi connectivity index (χ0) is 20.0. The van der Waals surface area contributed by atoms with Gasteiger partial charge in [-0.2, -0.15) is 0 Å². The first-order chi connectivity index (χ1) is 14.1. The Kier molecular flexibility index (Phi) is 4.60. The van der Waals surface area contributed by atoms with E-state index < -0.39 is 11.6 Å². The van der Waals surface area contributed by atoms with Crippen LogP contribution in [0.15, 0.2) is 24.3 Å². The summed E-state index contributed by atoms with van der Waals surface area (Å²) < 4.78 is 0. The zero-order valence-electron chi connectivity index (χ0n) is 16.9. The smallest absolute Gasteiger partial charge is 0.325 e. The summed E-state index contributed by atoms with van der Waals surface area (Å²) in [7, 11) is 0. The van der Waals surface area contributed by atoms with Crippen LogP contribution in [0.5, 0.6) is 0 Å². The van der Waals surface area contributed by atoms with Crippen molar-refractivity contribution in [1.82, 2.24) is 15.1 Å². The molecule has 2 heterocycles. The Morgan fingerprint density at radius 1 is 1.07 bits per heavy atom. The van der Waals surface area contributed by atoms with E-state index >= 15 is 0 Å². The molecule has 154 valence electrons. The summed E-state index contributed by atoms with van der Waals surface area (Å²) in [6, 6.07) is 7.40. The Morgan fingerprint density at radius 3 is 2.72 bits per heavy atom. The van der Waals surface area contributed by atoms with Crippen molar-refractivity contribution in [2.45, 2.75) is 56.9 Å². The second-order valence-electron chi connectivity index (χ2n) is 9.17. The number of likely N-dealkylation sites (tertiary alicyclic amines) is 1. The predicted octanol–water partition coefficient (Wildman–Crippen LogP) is 2.81. The van der Waals surface area contributed by atoms with Gasteiger partial charge in [0.05, 0.1) is 0 Å². The van der Waals surface area contributed by atoms with Gasteiger partial charge in [-0.05, 0) is 55.1 Å². The van der Waals surface area contributed by atoms with Gasteiger partial charge in [0, 0.05) is 13.1 Å². The van der Waals surface area contributed by atoms with E-state index in [9.17, 15) is 14.4 Å². The van der Waals surface area contributed by atoms with Crippen LogP contribution in [0.3, 0.4) is 0 Å². The van der Waals surface area contributed by atoms with Crippen molar-refractivity contribution in [3.05, 3.63) is 35.4 Å². The van der Waals surface area contributed by atoms with Crippen LogP contribution in [0.1, 0.15) is 56.1 Å². The number of benzene rings is 1. The largest absolute Gasteiger partial charge is 0.341 e. The van der Waals surface area contributed by atoms with Gasteiger partial charge in [0.2, 0.25) is 5.91 Å². The molecule has 1 spiro atoms. The molecule has 5 rings (SSSR count). The monoisotopic (exact) mass is 395 g/mol. The van der Waals surface area contributed by atoms with Gasteiger partial charge in [0.15, 0.2) is 0 Å². The number of hydrogen-bond acceptors (Lipinski definition) is 3. The fraction of sp³-hybridized carbons (Fsp3) is 0.609. The number of urea groups is 1. The summed E-state index contributed by atoms with van der Waals surface area (Å²) in [6.07, 6.45) is 8.43. The highest BCUT2D eigenvalue weighted by Gasteiger charge is 2.54. The number of hydrogen-bond donors (Lipinski definition) is 1. The second kappa shape index (κ2) is 7.15. The van der Waals surface area contributed by atoms with Crippen molar-refractivity contribution >= 4 is 17.8 Å². The average Bonchev–Trinajstić information content (AvgIpc) is 2.98. The Bertz CT molecular complexity index is 854. The van der Waals surface area contributed by atoms with Crippen LogP contribution < -0.4 is 5.32 Å². The molecule has 6 heteroatoms. The van der Waals surface area contributed by atoms with Crippen LogP contribution in [-0.2, 0) is 21.5 Å². The summed E-state index contributed by atoms with van der Waals surface area (Å²) in [4.78, 5) is 42.1. The van der Waals surface area contributed by atoms with Crippen molar-refractivity contribution in [3.63, 3.8) is 0 Å². The topological polar surface area (TPSA) is 69.7 Å². The molecule has 3 fully saturated rings. The minimum absolute atomic E-state index is 0.0985. The van der Waals surface area contributed by atoms with Crippen LogP contribution in [0, 0.1) is 11.8 Å². The highest BCUT2D eigenvalue weighted by molar-refractivity contribution is 6.09. The summed E-state index contributed by atoms with van der Waals surface area (Å²) >= 11 is 0. The molecule has 0 radical (unpaired) electrons. The minimum Gasteiger partial charge on any atom is -0.341 e. The number of aryl methyl sites for hydroxylation is 1. The molecular weight excluding hydrogens is 366 g/mol. The van der Waals surface area contributed by atoms with Gasteiger partial charge in [-0.25, -0.2) is 4.79 Å². The normalized spacial score (nSPS) is 31.4. The van der Waals surface area contributed by atoms with E-state index in [-0.39, 0.29) is 18.4 Å². The van der Waals surface area contributed by atoms with E-state index in [0.717, 1.165) is 54.3 Å². The molecule has 1 N–H and O–H groups in total. The number of rotatable bonds is 2. The summed E-state index contributed by atoms with van der Waals surface area (Å²) in [5, 5.41) is 2.95. The molecule has 2 saturated heterocycles. The summed E-state index contributed by atoms with van der Waals surface area (Å²) in [6.45, 7) is 1.38. The van der Waals surface area contributed by atoms with Crippen molar-refractivity contribution in [1.29, 1.82) is 0 Å². The number of carbonyl (C=O) groups excluding carboxylic acids is 3. The van der Waals surface area contributed by atoms with Gasteiger partial charge >= 0.3 is 6.03 Å². The fourth-order valence-corrected chi connectivity index (χ4v) is 6.02. The Hall–Kier alpha value is -2.37. The number of imide groups is 1. The molecule has 1 aromatic carbocycles. The first-order valence-corrected chi connectivity index (χ1v) is 11.1. The number of carbonyl (C=O) groups is 3. The van der Waals surface area contributed by atoms with Gasteiger partial charge in [0.25, 0.3) is 5.91 Å². The Balaban J connectivity index is 1.32. The van der Waals surface area contributed by atoms with Crippen LogP contribution >= 0.6 is 0 Å². The van der Waals surface area contributed by atoms with Crippen molar-refractivity contribution < 1.29 is 14.4 Å². The lowest BCUT2D eigenvalue weighted by Gasteiger charge is -2.41. The molecule has 0 aromatic heterocycles. The quantitative estimate of drug-likeness (QED) is 0.783. The number of nitrogens with zero attached hydrogens (tertiary/aromatic N) is 2. The molecule has 6 nitrogen and oxygen atoms in total. The third-order valence-electron chi connectivity index (χ3n) is 7.59. The van der Waals surface area contributed by atoms with E-state index in [0.29, 0.717) is 12.3 Å². The highest BCUT2D eigenvalue weighted by atomic mass is 16.2. The molecular formula is C23H29N3O3. The minimum atomic E-state index is -0.997. The number of fused-ring (bicyclic) bond motifs is 3. The maximum Gasteiger partial charge on any atom is 0.325 e. The second-order valence-corrected chi connectivity index (χ2v) is 9.17. The highest BCUT2D eigenvalue weighted by Crippen LogP contribution is 2.40. The van der Waals surface area contributed by atoms with Crippen molar-refractivity contribution in [3.8, 4) is 0 Å². The molecule has 2 aliphatic heterocycles. The number of nitrogens with one attached hydrogen (secondary N) is 1. The molecule has 4 amide bonds. The lowest BCUT2D eigenvalue weighted by molar-refractivity contribution is -0.141. The van der Waals surface area contributed by atoms with Crippen molar-refractivity contribution in [2.75, 3.05) is 19.6 Å². The molecule has 1 saturated carbocycles. The SMILES string of the molecule is O=C(CN1C(=O)N[C@@]2(CCCc3ccccc32)C1=O)N1CC[C@@H]2CCCC[C@@H]2C1. The van der Waals surface area contributed by atoms with Gasteiger partial charge < -0.3 is 10.2 Å². The lowest BCUT2D eigenvalue weighted by atomic mass is 9.75. The number of amides is 4. The lowest BCUT2D eigenvalue weighted by Crippen LogP contribution is -2.50. The molecule has 0 unspecified atom stereocenters. The van der Waals surface area contributed by atoms with Gasteiger partial charge in [-0.1, -0.05) is 43.5 Å². The predicted molar refractivity (Wildman–Crippen MR) is 108 cm³/mol. The number of piperidine rings is 1. The molecule has 3 atom stereocenters. The van der Waals surface area contributed by atoms with E-state index in [1.165, 1.54) is 25.7 Å². The third-order valence-corrected chi connectivity index (χ3v) is 7.59. The third kappa shape index (κ3) is 3.04. The van der Waals surface area contributed by atoms with Crippen LogP contribution in [0.4, 0.5) is 4.79 Å². The molecule has 29 heavy (non-hydrogen) atoms. The molecule has 1 aromatic rings. The molecule has 2 aliphatic carbocycles. The Labute approximate surface area is 171 Å². The molecule has 0 bridgehead atoms. The van der Waals surface area contributed by atoms with Gasteiger partial charge in [-0.3, -0.25) is 14.5 Å². The summed E-state index contributed by atoms with van der Waals surface area (Å²) in [5.41, 5.74) is 1.00. The van der Waals surface area contributed by atoms with Crippen molar-refractivity contribution in [2.24, 2.45) is 11.8 Å². The van der Waals surface area contributed by atoms with E-state index in [1.54, 1.807) is 0 Å². The van der Waals surface area contributed by atoms with E-state index in [1.807, 2.05) is 29.2 Å². The standard InChI is InChI=1S/C23H29N3O3/c27-20(25-13-11-16-6-1-2-8-18(16)14-25)15-26-21(28)23(24-22(26)29)12-5-9-17-7-3-4-10-19(17)23/h3-4,7,10,16,18H,1-2,5-6,8-9,11-15H2,(H,24,29)/t16-,18+,23+/m0/s1. The first kappa shape index (κ1) is 18.6. The van der Waals surface area contributed by atoms with Crippen LogP contribution in [0.25, 0.3) is 0 Å². The first-order valence-electron chi connectivity index (χ1n) is 11.1. The van der Waals surface area contributed by atoms with E-state index in [4.69, 9.17) is 0 Å². The van der Waals surface area contributed by atoms with Crippen LogP contribution in [-0.4, -0.2) is 47.3 Å². The van der Waals surface area contributed by atoms with E-state index in [2.05, 4.69) is 5.32 Å². The average molecular weight is 396 g/mol.